The highest BCUT2D eigenvalue weighted by molar-refractivity contribution is 5.80. The highest BCUT2D eigenvalue weighted by Crippen LogP contribution is 2.06. The summed E-state index contributed by atoms with van der Waals surface area (Å²) < 4.78 is 0. The highest BCUT2D eigenvalue weighted by Gasteiger charge is 2.17. The van der Waals surface area contributed by atoms with Crippen molar-refractivity contribution in [3.8, 4) is 0 Å². The van der Waals surface area contributed by atoms with E-state index in [2.05, 4.69) is 16.1 Å². The van der Waals surface area contributed by atoms with Crippen LogP contribution >= 0.6 is 0 Å². The average Bonchev–Trinajstić information content (AvgIpc) is 2.90. The fraction of sp³-hybridized carbons (Fsp3) is 0.593. The molecule has 15 heteroatoms. The summed E-state index contributed by atoms with van der Waals surface area (Å²) in [7, 11) is 0. The van der Waals surface area contributed by atoms with E-state index in [1.807, 2.05) is 38.1 Å². The summed E-state index contributed by atoms with van der Waals surface area (Å²) in [6.07, 6.45) is 1.12. The van der Waals surface area contributed by atoms with Crippen molar-refractivity contribution < 1.29 is 44.1 Å². The third-order valence-electron chi connectivity index (χ3n) is 5.94. The quantitative estimate of drug-likeness (QED) is 0.0578. The van der Waals surface area contributed by atoms with Crippen molar-refractivity contribution in [1.82, 2.24) is 25.9 Å². The first-order valence-corrected chi connectivity index (χ1v) is 13.7. The number of amides is 2. The minimum Gasteiger partial charge on any atom is -0.480 e. The van der Waals surface area contributed by atoms with Crippen LogP contribution in [-0.2, 0) is 41.8 Å². The van der Waals surface area contributed by atoms with E-state index in [4.69, 9.17) is 25.9 Å². The number of hydrogen-bond acceptors (Lipinski definition) is 10. The van der Waals surface area contributed by atoms with Gasteiger partial charge in [-0.3, -0.25) is 38.6 Å². The molecule has 15 nitrogen and oxygen atoms in total. The first kappa shape index (κ1) is 36.4. The van der Waals surface area contributed by atoms with Gasteiger partial charge < -0.3 is 31.7 Å². The molecule has 0 spiro atoms. The Kier molecular flexibility index (Phi) is 17.6. The van der Waals surface area contributed by atoms with E-state index in [0.29, 0.717) is 18.8 Å². The number of aliphatic carboxylic acids is 3. The van der Waals surface area contributed by atoms with Gasteiger partial charge in [0.25, 0.3) is 5.91 Å². The van der Waals surface area contributed by atoms with E-state index in [1.165, 1.54) is 4.90 Å². The molecule has 0 saturated carbocycles. The number of nitrogens with two attached hydrogens (primary N) is 1. The molecule has 1 rings (SSSR count). The van der Waals surface area contributed by atoms with Crippen LogP contribution in [0, 0.1) is 5.92 Å². The second-order valence-corrected chi connectivity index (χ2v) is 10.2. The van der Waals surface area contributed by atoms with Gasteiger partial charge in [0.05, 0.1) is 38.8 Å². The van der Waals surface area contributed by atoms with Crippen molar-refractivity contribution >= 4 is 29.7 Å². The SMILES string of the molecule is CC(C)C[C@@H](N)C(=O)NOCCc1ccc(CNC(=O)CN(CCNCC(=O)O)CCN(CC(=O)O)CC(=O)O)cc1. The normalized spacial score (nSPS) is 12.0. The zero-order valence-electron chi connectivity index (χ0n) is 24.2. The fourth-order valence-corrected chi connectivity index (χ4v) is 3.85. The molecule has 0 aliphatic rings. The molecular weight excluding hydrogens is 552 g/mol. The number of benzene rings is 1. The number of rotatable bonds is 23. The van der Waals surface area contributed by atoms with Crippen molar-refractivity contribution in [2.24, 2.45) is 11.7 Å². The zero-order chi connectivity index (χ0) is 31.5. The van der Waals surface area contributed by atoms with E-state index < -0.39 is 37.0 Å². The lowest BCUT2D eigenvalue weighted by atomic mass is 10.0. The first-order chi connectivity index (χ1) is 19.8. The van der Waals surface area contributed by atoms with Gasteiger partial charge in [0.1, 0.15) is 0 Å². The van der Waals surface area contributed by atoms with Gasteiger partial charge in [-0.15, -0.1) is 0 Å². The Balaban J connectivity index is 2.54. The number of nitrogens with zero attached hydrogens (tertiary/aromatic N) is 2. The van der Waals surface area contributed by atoms with Crippen molar-refractivity contribution in [1.29, 1.82) is 0 Å². The van der Waals surface area contributed by atoms with Gasteiger partial charge in [-0.2, -0.15) is 0 Å². The number of carbonyl (C=O) groups excluding carboxylic acids is 2. The summed E-state index contributed by atoms with van der Waals surface area (Å²) in [6.45, 7) is 4.08. The minimum absolute atomic E-state index is 0.0509. The number of carboxylic acids is 3. The lowest BCUT2D eigenvalue weighted by molar-refractivity contribution is -0.142. The van der Waals surface area contributed by atoms with Crippen LogP contribution in [0.3, 0.4) is 0 Å². The van der Waals surface area contributed by atoms with E-state index in [-0.39, 0.29) is 64.2 Å². The molecular formula is C27H44N6O9. The molecule has 0 bridgehead atoms. The molecule has 8 N–H and O–H groups in total. The van der Waals surface area contributed by atoms with Crippen LogP contribution in [-0.4, -0.2) is 120 Å². The van der Waals surface area contributed by atoms with Gasteiger partial charge in [-0.05, 0) is 29.9 Å². The number of nitrogens with one attached hydrogen (secondary N) is 3. The smallest absolute Gasteiger partial charge is 0.317 e. The Morgan fingerprint density at radius 1 is 0.857 bits per heavy atom. The molecule has 0 aliphatic heterocycles. The maximum Gasteiger partial charge on any atom is 0.317 e. The summed E-state index contributed by atoms with van der Waals surface area (Å²) in [5.74, 6) is -3.73. The Labute approximate surface area is 245 Å². The Hall–Kier alpha value is -3.63. The van der Waals surface area contributed by atoms with Crippen LogP contribution in [0.5, 0.6) is 0 Å². The molecule has 2 amide bonds. The topological polar surface area (TPSA) is 224 Å². The van der Waals surface area contributed by atoms with E-state index >= 15 is 0 Å². The lowest BCUT2D eigenvalue weighted by Crippen LogP contribution is -2.45. The van der Waals surface area contributed by atoms with Crippen LogP contribution in [0.1, 0.15) is 31.4 Å². The van der Waals surface area contributed by atoms with E-state index in [9.17, 15) is 24.0 Å². The van der Waals surface area contributed by atoms with Crippen molar-refractivity contribution in [2.75, 3.05) is 59.0 Å². The molecule has 0 heterocycles. The fourth-order valence-electron chi connectivity index (χ4n) is 3.85. The Morgan fingerprint density at radius 3 is 2.02 bits per heavy atom. The predicted molar refractivity (Wildman–Crippen MR) is 152 cm³/mol. The van der Waals surface area contributed by atoms with Crippen molar-refractivity contribution in [2.45, 2.75) is 39.3 Å². The van der Waals surface area contributed by atoms with Crippen LogP contribution in [0.25, 0.3) is 0 Å². The summed E-state index contributed by atoms with van der Waals surface area (Å²) in [4.78, 5) is 65.6. The molecule has 0 aliphatic carbocycles. The van der Waals surface area contributed by atoms with Gasteiger partial charge in [0.15, 0.2) is 0 Å². The monoisotopic (exact) mass is 596 g/mol. The maximum absolute atomic E-state index is 12.6. The molecule has 0 saturated heterocycles. The van der Waals surface area contributed by atoms with Crippen LogP contribution < -0.4 is 21.8 Å². The van der Waals surface area contributed by atoms with Crippen LogP contribution in [0.15, 0.2) is 24.3 Å². The lowest BCUT2D eigenvalue weighted by Gasteiger charge is -2.25. The Bertz CT molecular complexity index is 990. The summed E-state index contributed by atoms with van der Waals surface area (Å²) >= 11 is 0. The van der Waals surface area contributed by atoms with Gasteiger partial charge in [-0.1, -0.05) is 38.1 Å². The number of hydroxylamine groups is 1. The molecule has 0 fully saturated rings. The van der Waals surface area contributed by atoms with Gasteiger partial charge in [0, 0.05) is 32.7 Å². The second kappa shape index (κ2) is 20.3. The van der Waals surface area contributed by atoms with Crippen LogP contribution in [0.4, 0.5) is 0 Å². The summed E-state index contributed by atoms with van der Waals surface area (Å²) in [5.41, 5.74) is 10.0. The standard InChI is InChI=1S/C27H44N6O9/c1-19(2)13-22(28)27(41)31-42-12-7-20-3-5-21(6-4-20)14-30-23(34)16-32(9-8-29-15-24(35)36)10-11-33(17-25(37)38)18-26(39)40/h3-6,19,22,29H,7-18,28H2,1-2H3,(H,30,34)(H,31,41)(H,35,36)(H,37,38)(H,39,40)/t22-/m1/s1. The molecule has 236 valence electrons. The largest absolute Gasteiger partial charge is 0.480 e. The van der Waals surface area contributed by atoms with Crippen molar-refractivity contribution in [3.05, 3.63) is 35.4 Å². The van der Waals surface area contributed by atoms with E-state index in [0.717, 1.165) is 11.1 Å². The number of hydrogen-bond donors (Lipinski definition) is 7. The summed E-state index contributed by atoms with van der Waals surface area (Å²) in [6, 6.07) is 6.86. The van der Waals surface area contributed by atoms with Gasteiger partial charge >= 0.3 is 17.9 Å². The molecule has 1 atom stereocenters. The molecule has 42 heavy (non-hydrogen) atoms. The third-order valence-corrected chi connectivity index (χ3v) is 5.94. The maximum atomic E-state index is 12.6. The molecule has 0 unspecified atom stereocenters. The first-order valence-electron chi connectivity index (χ1n) is 13.7. The predicted octanol–water partition coefficient (Wildman–Crippen LogP) is -1.29. The number of carbonyl (C=O) groups is 5. The summed E-state index contributed by atoms with van der Waals surface area (Å²) in [5, 5.41) is 32.4. The third kappa shape index (κ3) is 17.9. The molecule has 0 radical (unpaired) electrons. The minimum atomic E-state index is -1.17. The highest BCUT2D eigenvalue weighted by atomic mass is 16.6. The zero-order valence-corrected chi connectivity index (χ0v) is 24.2. The number of carboxylic acid groups (broad SMARTS) is 3. The van der Waals surface area contributed by atoms with Crippen LogP contribution in [0.2, 0.25) is 0 Å². The van der Waals surface area contributed by atoms with Gasteiger partial charge in [-0.25, -0.2) is 5.48 Å². The Morgan fingerprint density at radius 2 is 1.45 bits per heavy atom. The van der Waals surface area contributed by atoms with Gasteiger partial charge in [0.2, 0.25) is 5.91 Å². The van der Waals surface area contributed by atoms with E-state index in [1.54, 1.807) is 4.90 Å². The second-order valence-electron chi connectivity index (χ2n) is 10.2. The molecule has 1 aromatic carbocycles. The molecule has 1 aromatic rings. The van der Waals surface area contributed by atoms with Crippen molar-refractivity contribution in [3.63, 3.8) is 0 Å². The molecule has 0 aromatic heterocycles. The average molecular weight is 597 g/mol.